The molecule has 0 atom stereocenters. The average Bonchev–Trinajstić information content (AvgIpc) is 2.98. The van der Waals surface area contributed by atoms with E-state index in [-0.39, 0.29) is 5.56 Å². The molecule has 0 amide bonds. The minimum atomic E-state index is -1.01. The molecule has 7 nitrogen and oxygen atoms in total. The molecule has 2 heterocycles. The minimum absolute atomic E-state index is 0.132. The van der Waals surface area contributed by atoms with Crippen molar-refractivity contribution in [2.75, 3.05) is 0 Å². The molecule has 2 aromatic heterocycles. The van der Waals surface area contributed by atoms with Gasteiger partial charge in [-0.25, -0.2) is 4.79 Å². The van der Waals surface area contributed by atoms with Crippen LogP contribution in [0.25, 0.3) is 5.69 Å². The highest BCUT2D eigenvalue weighted by atomic mass is 16.4. The summed E-state index contributed by atoms with van der Waals surface area (Å²) in [5.74, 6) is 0.132. The molecule has 2 aromatic rings. The Bertz CT molecular complexity index is 619. The summed E-state index contributed by atoms with van der Waals surface area (Å²) in [6.07, 6.45) is 8.68. The van der Waals surface area contributed by atoms with Crippen LogP contribution >= 0.6 is 0 Å². The highest BCUT2D eigenvalue weighted by Gasteiger charge is 2.22. The maximum absolute atomic E-state index is 11.0. The average molecular weight is 273 g/mol. The van der Waals surface area contributed by atoms with Crippen LogP contribution in [-0.2, 0) is 0 Å². The number of nitrogens with zero attached hydrogens (tertiary/aromatic N) is 5. The zero-order valence-corrected chi connectivity index (χ0v) is 10.9. The van der Waals surface area contributed by atoms with Crippen LogP contribution in [0.5, 0.6) is 0 Å². The molecule has 0 unspecified atom stereocenters. The Balaban J connectivity index is 1.96. The van der Waals surface area contributed by atoms with Crippen molar-refractivity contribution >= 4 is 5.97 Å². The van der Waals surface area contributed by atoms with Gasteiger partial charge >= 0.3 is 5.97 Å². The minimum Gasteiger partial charge on any atom is -0.478 e. The Kier molecular flexibility index (Phi) is 3.41. The van der Waals surface area contributed by atoms with Gasteiger partial charge in [0.1, 0.15) is 0 Å². The molecule has 0 radical (unpaired) electrons. The number of carboxylic acid groups (broad SMARTS) is 1. The third-order valence-electron chi connectivity index (χ3n) is 3.68. The molecule has 1 saturated carbocycles. The summed E-state index contributed by atoms with van der Waals surface area (Å²) in [6.45, 7) is 0. The van der Waals surface area contributed by atoms with Gasteiger partial charge in [-0.3, -0.25) is 4.98 Å². The zero-order valence-electron chi connectivity index (χ0n) is 10.9. The number of aromatic carboxylic acids is 1. The molecule has 104 valence electrons. The van der Waals surface area contributed by atoms with Crippen molar-refractivity contribution in [1.29, 1.82) is 0 Å². The molecule has 1 N–H and O–H groups in total. The molecule has 0 spiro atoms. The van der Waals surface area contributed by atoms with E-state index >= 15 is 0 Å². The number of pyridine rings is 1. The SMILES string of the molecule is O=C(O)c1cncc(-n2nnnc2C2CCCCC2)c1. The van der Waals surface area contributed by atoms with Gasteiger partial charge in [-0.1, -0.05) is 19.3 Å². The topological polar surface area (TPSA) is 93.8 Å². The molecular formula is C13H15N5O2. The molecule has 0 saturated heterocycles. The summed E-state index contributed by atoms with van der Waals surface area (Å²) in [5.41, 5.74) is 0.725. The standard InChI is InChI=1S/C13H15N5O2/c19-13(20)10-6-11(8-14-7-10)18-12(15-16-17-18)9-4-2-1-3-5-9/h6-9H,1-5H2,(H,19,20). The van der Waals surface area contributed by atoms with E-state index in [2.05, 4.69) is 20.5 Å². The predicted molar refractivity (Wildman–Crippen MR) is 69.7 cm³/mol. The number of carbonyl (C=O) groups is 1. The van der Waals surface area contributed by atoms with E-state index in [9.17, 15) is 4.79 Å². The van der Waals surface area contributed by atoms with E-state index in [4.69, 9.17) is 5.11 Å². The van der Waals surface area contributed by atoms with Crippen molar-refractivity contribution < 1.29 is 9.90 Å². The second kappa shape index (κ2) is 5.36. The maximum atomic E-state index is 11.0. The lowest BCUT2D eigenvalue weighted by Crippen LogP contribution is -2.12. The van der Waals surface area contributed by atoms with Gasteiger partial charge in [0.2, 0.25) is 0 Å². The Morgan fingerprint density at radius 2 is 2.05 bits per heavy atom. The summed E-state index contributed by atoms with van der Waals surface area (Å²) in [5, 5.41) is 20.9. The number of aromatic nitrogens is 5. The number of hydrogen-bond donors (Lipinski definition) is 1. The van der Waals surface area contributed by atoms with E-state index in [1.165, 1.54) is 31.5 Å². The molecule has 0 aromatic carbocycles. The molecule has 1 fully saturated rings. The smallest absolute Gasteiger partial charge is 0.337 e. The van der Waals surface area contributed by atoms with E-state index in [0.29, 0.717) is 11.6 Å². The van der Waals surface area contributed by atoms with Crippen LogP contribution in [0.4, 0.5) is 0 Å². The third-order valence-corrected chi connectivity index (χ3v) is 3.68. The predicted octanol–water partition coefficient (Wildman–Crippen LogP) is 1.80. The van der Waals surface area contributed by atoms with Crippen LogP contribution < -0.4 is 0 Å². The van der Waals surface area contributed by atoms with Crippen LogP contribution in [0.3, 0.4) is 0 Å². The third kappa shape index (κ3) is 2.38. The largest absolute Gasteiger partial charge is 0.478 e. The Morgan fingerprint density at radius 3 is 2.80 bits per heavy atom. The number of tetrazole rings is 1. The summed E-state index contributed by atoms with van der Waals surface area (Å²) < 4.78 is 1.61. The Morgan fingerprint density at radius 1 is 1.25 bits per heavy atom. The van der Waals surface area contributed by atoms with Gasteiger partial charge in [0.05, 0.1) is 17.4 Å². The van der Waals surface area contributed by atoms with Crippen molar-refractivity contribution in [3.05, 3.63) is 29.8 Å². The molecule has 0 bridgehead atoms. The summed E-state index contributed by atoms with van der Waals surface area (Å²) in [6, 6.07) is 1.54. The van der Waals surface area contributed by atoms with Crippen LogP contribution in [0.15, 0.2) is 18.5 Å². The molecule has 1 aliphatic carbocycles. The van der Waals surface area contributed by atoms with E-state index in [1.54, 1.807) is 10.9 Å². The van der Waals surface area contributed by atoms with Gasteiger partial charge in [-0.2, -0.15) is 4.68 Å². The van der Waals surface area contributed by atoms with Gasteiger partial charge in [-0.05, 0) is 29.3 Å². The first kappa shape index (κ1) is 12.7. The molecule has 1 aliphatic rings. The van der Waals surface area contributed by atoms with Gasteiger partial charge in [0.25, 0.3) is 0 Å². The first-order chi connectivity index (χ1) is 9.75. The first-order valence-electron chi connectivity index (χ1n) is 6.72. The van der Waals surface area contributed by atoms with Gasteiger partial charge in [0, 0.05) is 12.1 Å². The second-order valence-corrected chi connectivity index (χ2v) is 5.02. The number of carboxylic acids is 1. The fourth-order valence-corrected chi connectivity index (χ4v) is 2.65. The zero-order chi connectivity index (χ0) is 13.9. The quantitative estimate of drug-likeness (QED) is 0.916. The lowest BCUT2D eigenvalue weighted by Gasteiger charge is -2.20. The van der Waals surface area contributed by atoms with Crippen molar-refractivity contribution in [3.63, 3.8) is 0 Å². The maximum Gasteiger partial charge on any atom is 0.337 e. The Hall–Kier alpha value is -2.31. The highest BCUT2D eigenvalue weighted by molar-refractivity contribution is 5.87. The first-order valence-corrected chi connectivity index (χ1v) is 6.72. The molecule has 7 heteroatoms. The molecule has 20 heavy (non-hydrogen) atoms. The lowest BCUT2D eigenvalue weighted by molar-refractivity contribution is 0.0696. The Labute approximate surface area is 115 Å². The molecular weight excluding hydrogens is 258 g/mol. The van der Waals surface area contributed by atoms with E-state index in [0.717, 1.165) is 18.7 Å². The number of hydrogen-bond acceptors (Lipinski definition) is 5. The van der Waals surface area contributed by atoms with E-state index in [1.807, 2.05) is 0 Å². The van der Waals surface area contributed by atoms with Crippen molar-refractivity contribution in [1.82, 2.24) is 25.2 Å². The highest BCUT2D eigenvalue weighted by Crippen LogP contribution is 2.31. The molecule has 3 rings (SSSR count). The van der Waals surface area contributed by atoms with Crippen LogP contribution in [0.1, 0.15) is 54.2 Å². The summed E-state index contributed by atoms with van der Waals surface area (Å²) in [4.78, 5) is 15.0. The normalized spacial score (nSPS) is 16.2. The monoisotopic (exact) mass is 273 g/mol. The van der Waals surface area contributed by atoms with Gasteiger partial charge in [0.15, 0.2) is 5.82 Å². The fourth-order valence-electron chi connectivity index (χ4n) is 2.65. The fraction of sp³-hybridized carbons (Fsp3) is 0.462. The van der Waals surface area contributed by atoms with Crippen molar-refractivity contribution in [2.24, 2.45) is 0 Å². The number of rotatable bonds is 3. The van der Waals surface area contributed by atoms with Crippen molar-refractivity contribution in [2.45, 2.75) is 38.0 Å². The van der Waals surface area contributed by atoms with Crippen molar-refractivity contribution in [3.8, 4) is 5.69 Å². The van der Waals surface area contributed by atoms with Crippen LogP contribution in [0.2, 0.25) is 0 Å². The van der Waals surface area contributed by atoms with Gasteiger partial charge in [-0.15, -0.1) is 5.10 Å². The summed E-state index contributed by atoms with van der Waals surface area (Å²) in [7, 11) is 0. The van der Waals surface area contributed by atoms with Crippen LogP contribution in [0, 0.1) is 0 Å². The molecule has 0 aliphatic heterocycles. The van der Waals surface area contributed by atoms with Crippen LogP contribution in [-0.4, -0.2) is 36.3 Å². The van der Waals surface area contributed by atoms with E-state index < -0.39 is 5.97 Å². The van der Waals surface area contributed by atoms with Gasteiger partial charge < -0.3 is 5.11 Å². The lowest BCUT2D eigenvalue weighted by atomic mass is 9.89. The summed E-state index contributed by atoms with van der Waals surface area (Å²) >= 11 is 0. The second-order valence-electron chi connectivity index (χ2n) is 5.02.